The van der Waals surface area contributed by atoms with Crippen LogP contribution in [0.15, 0.2) is 42.5 Å². The highest BCUT2D eigenvalue weighted by molar-refractivity contribution is 5.97. The summed E-state index contributed by atoms with van der Waals surface area (Å²) in [7, 11) is 1.58. The number of unbranched alkanes of at least 4 members (excludes halogenated alkanes) is 2. The van der Waals surface area contributed by atoms with Crippen LogP contribution in [0.1, 0.15) is 55.9 Å². The third kappa shape index (κ3) is 10.1. The van der Waals surface area contributed by atoms with E-state index in [1.807, 2.05) is 6.07 Å². The van der Waals surface area contributed by atoms with Crippen LogP contribution >= 0.6 is 0 Å². The fraction of sp³-hybridized carbons (Fsp3) is 0.515. The molecule has 4 rings (SSSR count). The monoisotopic (exact) mass is 653 g/mol. The fourth-order valence-electron chi connectivity index (χ4n) is 5.38. The number of carbonyl (C=O) groups is 5. The Bertz CT molecular complexity index is 1400. The van der Waals surface area contributed by atoms with Gasteiger partial charge in [0.1, 0.15) is 17.5 Å². The number of aliphatic carboxylic acids is 1. The van der Waals surface area contributed by atoms with Crippen molar-refractivity contribution in [2.45, 2.75) is 57.6 Å². The molecule has 2 saturated heterocycles. The lowest BCUT2D eigenvalue weighted by atomic mass is 10.1. The van der Waals surface area contributed by atoms with E-state index >= 15 is 0 Å². The number of hydrogen-bond acceptors (Lipinski definition) is 9. The van der Waals surface area contributed by atoms with Gasteiger partial charge in [0.2, 0.25) is 5.91 Å². The molecule has 0 saturated carbocycles. The van der Waals surface area contributed by atoms with Crippen LogP contribution < -0.4 is 10.1 Å². The number of ether oxygens (including phenoxy) is 3. The Morgan fingerprint density at radius 3 is 2.34 bits per heavy atom. The van der Waals surface area contributed by atoms with Crippen LogP contribution in [-0.2, 0) is 19.1 Å². The zero-order valence-corrected chi connectivity index (χ0v) is 26.9. The minimum atomic E-state index is -1.17. The first-order chi connectivity index (χ1) is 22.7. The number of pyridine rings is 1. The van der Waals surface area contributed by atoms with Crippen LogP contribution in [0.5, 0.6) is 5.75 Å². The molecular formula is C33H43N5O9. The van der Waals surface area contributed by atoms with E-state index in [0.717, 1.165) is 19.3 Å². The summed E-state index contributed by atoms with van der Waals surface area (Å²) in [6.45, 7) is 4.12. The molecule has 47 heavy (non-hydrogen) atoms. The molecule has 2 atom stereocenters. The number of likely N-dealkylation sites (tertiary alicyclic amines) is 1. The smallest absolute Gasteiger partial charge is 0.415 e. The van der Waals surface area contributed by atoms with Crippen molar-refractivity contribution in [3.05, 3.63) is 48.2 Å². The minimum Gasteiger partial charge on any atom is -0.481 e. The highest BCUT2D eigenvalue weighted by Gasteiger charge is 2.32. The van der Waals surface area contributed by atoms with Crippen molar-refractivity contribution in [3.63, 3.8) is 0 Å². The van der Waals surface area contributed by atoms with Gasteiger partial charge in [-0.1, -0.05) is 50.1 Å². The summed E-state index contributed by atoms with van der Waals surface area (Å²) in [5, 5.41) is 12.0. The number of aromatic nitrogens is 1. The molecule has 4 amide bonds. The third-order valence-electron chi connectivity index (χ3n) is 8.12. The Morgan fingerprint density at radius 2 is 1.68 bits per heavy atom. The highest BCUT2D eigenvalue weighted by Crippen LogP contribution is 2.25. The van der Waals surface area contributed by atoms with Crippen molar-refractivity contribution in [1.29, 1.82) is 0 Å². The van der Waals surface area contributed by atoms with Gasteiger partial charge in [-0.2, -0.15) is 0 Å². The topological polar surface area (TPSA) is 168 Å². The SMILES string of the molecule is CCCCCOC(=O)N1CCN(C(=O)[C@H](CCC(=O)O)NC(=O)c2cc(OC(=O)N3CC[C@H](OC)C3)cc(-c3ccccc3)n2)CC1. The number of amides is 4. The van der Waals surface area contributed by atoms with E-state index in [-0.39, 0.29) is 56.6 Å². The second-order valence-corrected chi connectivity index (χ2v) is 11.5. The van der Waals surface area contributed by atoms with Crippen LogP contribution in [0.2, 0.25) is 0 Å². The van der Waals surface area contributed by atoms with Crippen molar-refractivity contribution in [2.75, 3.05) is 53.0 Å². The van der Waals surface area contributed by atoms with Gasteiger partial charge in [-0.15, -0.1) is 0 Å². The van der Waals surface area contributed by atoms with Crippen LogP contribution in [0, 0.1) is 0 Å². The molecule has 0 bridgehead atoms. The molecule has 2 fully saturated rings. The summed E-state index contributed by atoms with van der Waals surface area (Å²) in [4.78, 5) is 73.0. The molecule has 14 nitrogen and oxygen atoms in total. The van der Waals surface area contributed by atoms with E-state index in [9.17, 15) is 29.1 Å². The van der Waals surface area contributed by atoms with Crippen molar-refractivity contribution in [1.82, 2.24) is 25.0 Å². The van der Waals surface area contributed by atoms with E-state index in [1.54, 1.807) is 37.4 Å². The molecule has 254 valence electrons. The van der Waals surface area contributed by atoms with E-state index < -0.39 is 36.0 Å². The predicted molar refractivity (Wildman–Crippen MR) is 170 cm³/mol. The molecular weight excluding hydrogens is 610 g/mol. The van der Waals surface area contributed by atoms with Crippen LogP contribution in [0.25, 0.3) is 11.3 Å². The zero-order chi connectivity index (χ0) is 33.8. The first-order valence-corrected chi connectivity index (χ1v) is 16.0. The average molecular weight is 654 g/mol. The maximum Gasteiger partial charge on any atom is 0.415 e. The maximum absolute atomic E-state index is 13.6. The molecule has 0 spiro atoms. The summed E-state index contributed by atoms with van der Waals surface area (Å²) in [6.07, 6.45) is 1.79. The molecule has 0 unspecified atom stereocenters. The number of carbonyl (C=O) groups excluding carboxylic acids is 4. The van der Waals surface area contributed by atoms with Crippen LogP contribution in [0.3, 0.4) is 0 Å². The second kappa shape index (κ2) is 17.3. The molecule has 2 aromatic rings. The van der Waals surface area contributed by atoms with E-state index in [2.05, 4.69) is 17.2 Å². The predicted octanol–water partition coefficient (Wildman–Crippen LogP) is 3.40. The third-order valence-corrected chi connectivity index (χ3v) is 8.12. The van der Waals surface area contributed by atoms with Crippen molar-refractivity contribution in [2.24, 2.45) is 0 Å². The lowest BCUT2D eigenvalue weighted by Gasteiger charge is -2.36. The second-order valence-electron chi connectivity index (χ2n) is 11.5. The number of hydrogen-bond donors (Lipinski definition) is 2. The van der Waals surface area contributed by atoms with Gasteiger partial charge in [0, 0.05) is 64.0 Å². The molecule has 1 aromatic heterocycles. The molecule has 2 N–H and O–H groups in total. The van der Waals surface area contributed by atoms with Crippen molar-refractivity contribution >= 4 is 30.0 Å². The Morgan fingerprint density at radius 1 is 0.957 bits per heavy atom. The molecule has 0 aliphatic carbocycles. The number of carboxylic acid groups (broad SMARTS) is 1. The Labute approximate surface area is 273 Å². The molecule has 14 heteroatoms. The Balaban J connectivity index is 1.47. The highest BCUT2D eigenvalue weighted by atomic mass is 16.6. The molecule has 1 aromatic carbocycles. The normalized spacial score (nSPS) is 16.8. The number of carboxylic acids is 1. The zero-order valence-electron chi connectivity index (χ0n) is 26.9. The lowest BCUT2D eigenvalue weighted by Crippen LogP contribution is -2.56. The van der Waals surface area contributed by atoms with E-state index in [4.69, 9.17) is 14.2 Å². The summed E-state index contributed by atoms with van der Waals surface area (Å²) < 4.78 is 16.3. The standard InChI is InChI=1S/C33H43N5O9/c1-3-4-8-19-46-32(43)37-17-15-36(16-18-37)31(42)26(11-12-29(39)40)35-30(41)28-21-25(20-27(34-28)23-9-6-5-7-10-23)47-33(44)38-14-13-24(22-38)45-2/h5-7,9-10,20-21,24,26H,3-4,8,11-19,22H2,1-2H3,(H,35,41)(H,39,40)/t24-,26-/m0/s1. The van der Waals surface area contributed by atoms with Crippen LogP contribution in [-0.4, -0.2) is 120 Å². The quantitative estimate of drug-likeness (QED) is 0.306. The number of methoxy groups -OCH3 is 1. The molecule has 2 aliphatic heterocycles. The van der Waals surface area contributed by atoms with Crippen molar-refractivity contribution in [3.8, 4) is 17.0 Å². The van der Waals surface area contributed by atoms with Gasteiger partial charge in [0.05, 0.1) is 24.9 Å². The Kier molecular flexibility index (Phi) is 12.9. The van der Waals surface area contributed by atoms with Gasteiger partial charge in [-0.05, 0) is 19.3 Å². The fourth-order valence-corrected chi connectivity index (χ4v) is 5.38. The number of rotatable bonds is 13. The van der Waals surface area contributed by atoms with Gasteiger partial charge in [0.15, 0.2) is 0 Å². The molecule has 0 radical (unpaired) electrons. The molecule has 3 heterocycles. The largest absolute Gasteiger partial charge is 0.481 e. The lowest BCUT2D eigenvalue weighted by molar-refractivity contribution is -0.138. The summed E-state index contributed by atoms with van der Waals surface area (Å²) in [5.74, 6) is -2.24. The summed E-state index contributed by atoms with van der Waals surface area (Å²) >= 11 is 0. The van der Waals surface area contributed by atoms with Crippen LogP contribution in [0.4, 0.5) is 9.59 Å². The van der Waals surface area contributed by atoms with Gasteiger partial charge >= 0.3 is 18.2 Å². The number of nitrogens with zero attached hydrogens (tertiary/aromatic N) is 4. The first kappa shape index (κ1) is 35.1. The van der Waals surface area contributed by atoms with Gasteiger partial charge in [-0.25, -0.2) is 14.6 Å². The first-order valence-electron chi connectivity index (χ1n) is 16.0. The minimum absolute atomic E-state index is 0.0842. The summed E-state index contributed by atoms with van der Waals surface area (Å²) in [6, 6.07) is 10.7. The average Bonchev–Trinajstić information content (AvgIpc) is 3.58. The number of piperazine rings is 1. The number of benzene rings is 1. The molecule has 2 aliphatic rings. The van der Waals surface area contributed by atoms with Gasteiger partial charge in [0.25, 0.3) is 5.91 Å². The van der Waals surface area contributed by atoms with E-state index in [0.29, 0.717) is 37.4 Å². The maximum atomic E-state index is 13.6. The van der Waals surface area contributed by atoms with Gasteiger partial charge in [-0.3, -0.25) is 14.4 Å². The van der Waals surface area contributed by atoms with Gasteiger partial charge < -0.3 is 39.3 Å². The number of nitrogens with one attached hydrogen (secondary N) is 1. The van der Waals surface area contributed by atoms with Crippen molar-refractivity contribution < 1.29 is 43.3 Å². The summed E-state index contributed by atoms with van der Waals surface area (Å²) in [5.41, 5.74) is 0.915. The van der Waals surface area contributed by atoms with E-state index in [1.165, 1.54) is 20.8 Å². The Hall–Kier alpha value is -4.72.